The van der Waals surface area contributed by atoms with Crippen LogP contribution in [-0.2, 0) is 4.79 Å². The Kier molecular flexibility index (Phi) is 4.75. The number of imide groups is 1. The van der Waals surface area contributed by atoms with E-state index in [0.29, 0.717) is 27.6 Å². The second-order valence-corrected chi connectivity index (χ2v) is 8.24. The molecule has 0 radical (unpaired) electrons. The number of rotatable bonds is 4. The highest BCUT2D eigenvalue weighted by atomic mass is 35.5. The van der Waals surface area contributed by atoms with E-state index in [1.807, 2.05) is 37.3 Å². The number of carbonyl (C=O) groups excluding carboxylic acids is 3. The Morgan fingerprint density at radius 2 is 1.50 bits per heavy atom. The summed E-state index contributed by atoms with van der Waals surface area (Å²) in [6, 6.07) is 17.7. The number of nitrogens with zero attached hydrogens (tertiary/aromatic N) is 2. The molecule has 0 spiro atoms. The summed E-state index contributed by atoms with van der Waals surface area (Å²) < 4.78 is 5.36. The summed E-state index contributed by atoms with van der Waals surface area (Å²) in [5, 5.41) is 0.531. The number of hydrogen-bond donors (Lipinski definition) is 0. The van der Waals surface area contributed by atoms with Gasteiger partial charge in [0.2, 0.25) is 0 Å². The van der Waals surface area contributed by atoms with E-state index in [-0.39, 0.29) is 5.91 Å². The van der Waals surface area contributed by atoms with Crippen molar-refractivity contribution in [1.82, 2.24) is 4.90 Å². The SMILES string of the molecule is COc1cccc(C2C(N3C(=O)c4ccccc4C3=O)C(=O)N2c2ccc(C)c(Cl)c2)c1. The van der Waals surface area contributed by atoms with Crippen LogP contribution in [0, 0.1) is 6.92 Å². The van der Waals surface area contributed by atoms with E-state index < -0.39 is 23.9 Å². The molecule has 2 atom stereocenters. The van der Waals surface area contributed by atoms with Crippen LogP contribution < -0.4 is 9.64 Å². The standard InChI is InChI=1S/C25H19ClN2O4/c1-14-10-11-16(13-20(14)26)27-21(15-6-5-7-17(12-15)32-2)22(25(27)31)28-23(29)18-8-3-4-9-19(18)24(28)30/h3-13,21-22H,1-2H3. The van der Waals surface area contributed by atoms with Gasteiger partial charge in [-0.2, -0.15) is 0 Å². The van der Waals surface area contributed by atoms with Crippen LogP contribution in [0.3, 0.4) is 0 Å². The molecule has 2 aliphatic rings. The van der Waals surface area contributed by atoms with Crippen molar-refractivity contribution in [2.24, 2.45) is 0 Å². The maximum absolute atomic E-state index is 13.4. The molecule has 0 aromatic heterocycles. The highest BCUT2D eigenvalue weighted by Crippen LogP contribution is 2.45. The van der Waals surface area contributed by atoms with Gasteiger partial charge in [0.25, 0.3) is 17.7 Å². The Labute approximate surface area is 190 Å². The number of β-lactam (4-membered cyclic amide) rings is 1. The Morgan fingerprint density at radius 3 is 2.12 bits per heavy atom. The van der Waals surface area contributed by atoms with Gasteiger partial charge in [0, 0.05) is 10.7 Å². The zero-order valence-electron chi connectivity index (χ0n) is 17.4. The van der Waals surface area contributed by atoms with Crippen LogP contribution in [0.4, 0.5) is 5.69 Å². The smallest absolute Gasteiger partial charge is 0.262 e. The lowest BCUT2D eigenvalue weighted by Gasteiger charge is -2.49. The predicted molar refractivity (Wildman–Crippen MR) is 120 cm³/mol. The van der Waals surface area contributed by atoms with Crippen molar-refractivity contribution in [3.8, 4) is 5.75 Å². The molecule has 5 rings (SSSR count). The Hall–Kier alpha value is -3.64. The van der Waals surface area contributed by atoms with Crippen LogP contribution in [0.5, 0.6) is 5.75 Å². The molecule has 6 nitrogen and oxygen atoms in total. The summed E-state index contributed by atoms with van der Waals surface area (Å²) in [5.74, 6) is -0.644. The van der Waals surface area contributed by atoms with Gasteiger partial charge >= 0.3 is 0 Å². The molecule has 2 aliphatic heterocycles. The molecule has 3 aromatic rings. The molecule has 160 valence electrons. The van der Waals surface area contributed by atoms with Crippen molar-refractivity contribution in [3.05, 3.63) is 94.0 Å². The van der Waals surface area contributed by atoms with Gasteiger partial charge in [-0.15, -0.1) is 0 Å². The first-order valence-corrected chi connectivity index (χ1v) is 10.5. The minimum absolute atomic E-state index is 0.312. The van der Waals surface area contributed by atoms with E-state index in [1.54, 1.807) is 48.4 Å². The average molecular weight is 447 g/mol. The number of hydrogen-bond acceptors (Lipinski definition) is 4. The number of halogens is 1. The number of aryl methyl sites for hydroxylation is 1. The molecule has 0 saturated carbocycles. The lowest BCUT2D eigenvalue weighted by atomic mass is 9.86. The van der Waals surface area contributed by atoms with E-state index in [0.717, 1.165) is 16.0 Å². The Morgan fingerprint density at radius 1 is 0.812 bits per heavy atom. The van der Waals surface area contributed by atoms with Crippen molar-refractivity contribution in [2.75, 3.05) is 12.0 Å². The van der Waals surface area contributed by atoms with Gasteiger partial charge in [0.15, 0.2) is 0 Å². The van der Waals surface area contributed by atoms with Gasteiger partial charge in [0.05, 0.1) is 24.3 Å². The highest BCUT2D eigenvalue weighted by molar-refractivity contribution is 6.32. The summed E-state index contributed by atoms with van der Waals surface area (Å²) in [4.78, 5) is 42.3. The van der Waals surface area contributed by atoms with Crippen LogP contribution in [0.25, 0.3) is 0 Å². The number of fused-ring (bicyclic) bond motifs is 1. The van der Waals surface area contributed by atoms with Crippen LogP contribution in [0.15, 0.2) is 66.7 Å². The zero-order chi connectivity index (χ0) is 22.6. The van der Waals surface area contributed by atoms with E-state index in [9.17, 15) is 14.4 Å². The van der Waals surface area contributed by atoms with Crippen molar-refractivity contribution < 1.29 is 19.1 Å². The molecule has 0 bridgehead atoms. The fourth-order valence-corrected chi connectivity index (χ4v) is 4.54. The molecule has 3 amide bonds. The molecule has 1 fully saturated rings. The average Bonchev–Trinajstić information content (AvgIpc) is 3.05. The van der Waals surface area contributed by atoms with Gasteiger partial charge < -0.3 is 9.64 Å². The van der Waals surface area contributed by atoms with Crippen molar-refractivity contribution in [3.63, 3.8) is 0 Å². The highest BCUT2D eigenvalue weighted by Gasteiger charge is 2.57. The first-order valence-electron chi connectivity index (χ1n) is 10.1. The minimum atomic E-state index is -0.963. The molecule has 2 heterocycles. The molecule has 7 heteroatoms. The second-order valence-electron chi connectivity index (χ2n) is 7.83. The molecule has 0 aliphatic carbocycles. The van der Waals surface area contributed by atoms with Crippen LogP contribution in [0.2, 0.25) is 5.02 Å². The second kappa shape index (κ2) is 7.50. The number of anilines is 1. The molecular weight excluding hydrogens is 428 g/mol. The maximum atomic E-state index is 13.4. The lowest BCUT2D eigenvalue weighted by molar-refractivity contribution is -0.130. The van der Waals surface area contributed by atoms with Crippen molar-refractivity contribution >= 4 is 35.0 Å². The number of benzene rings is 3. The fourth-order valence-electron chi connectivity index (χ4n) is 4.36. The van der Waals surface area contributed by atoms with E-state index in [4.69, 9.17) is 16.3 Å². The van der Waals surface area contributed by atoms with Crippen LogP contribution in [0.1, 0.15) is 37.9 Å². The number of methoxy groups -OCH3 is 1. The summed E-state index contributed by atoms with van der Waals surface area (Å²) in [6.07, 6.45) is 0. The third kappa shape index (κ3) is 2.91. The van der Waals surface area contributed by atoms with Gasteiger partial charge in [-0.1, -0.05) is 41.9 Å². The molecule has 0 N–H and O–H groups in total. The van der Waals surface area contributed by atoms with Crippen molar-refractivity contribution in [1.29, 1.82) is 0 Å². The molecular formula is C25H19ClN2O4. The molecule has 2 unspecified atom stereocenters. The quantitative estimate of drug-likeness (QED) is 0.440. The molecule has 32 heavy (non-hydrogen) atoms. The maximum Gasteiger partial charge on any atom is 0.262 e. The number of amides is 3. The Bertz CT molecular complexity index is 1250. The third-order valence-corrected chi connectivity index (χ3v) is 6.45. The summed E-state index contributed by atoms with van der Waals surface area (Å²) >= 11 is 6.32. The van der Waals surface area contributed by atoms with Gasteiger partial charge in [0.1, 0.15) is 11.8 Å². The number of ether oxygens (including phenoxy) is 1. The van der Waals surface area contributed by atoms with E-state index >= 15 is 0 Å². The lowest BCUT2D eigenvalue weighted by Crippen LogP contribution is -2.67. The summed E-state index contributed by atoms with van der Waals surface area (Å²) in [6.45, 7) is 1.88. The van der Waals surface area contributed by atoms with E-state index in [2.05, 4.69) is 0 Å². The van der Waals surface area contributed by atoms with Crippen molar-refractivity contribution in [2.45, 2.75) is 19.0 Å². The largest absolute Gasteiger partial charge is 0.497 e. The van der Waals surface area contributed by atoms with Gasteiger partial charge in [-0.3, -0.25) is 19.3 Å². The van der Waals surface area contributed by atoms with E-state index in [1.165, 1.54) is 0 Å². The monoisotopic (exact) mass is 446 g/mol. The first kappa shape index (κ1) is 20.3. The van der Waals surface area contributed by atoms with Gasteiger partial charge in [-0.05, 0) is 54.4 Å². The van der Waals surface area contributed by atoms with Gasteiger partial charge in [-0.25, -0.2) is 0 Å². The van der Waals surface area contributed by atoms with Crippen LogP contribution >= 0.6 is 11.6 Å². The normalized spacial score (nSPS) is 19.8. The first-order chi connectivity index (χ1) is 15.4. The fraction of sp³-hybridized carbons (Fsp3) is 0.160. The zero-order valence-corrected chi connectivity index (χ0v) is 18.2. The Balaban J connectivity index is 1.61. The predicted octanol–water partition coefficient (Wildman–Crippen LogP) is 4.41. The molecule has 1 saturated heterocycles. The third-order valence-electron chi connectivity index (χ3n) is 6.04. The molecule has 3 aromatic carbocycles. The number of carbonyl (C=O) groups is 3. The summed E-state index contributed by atoms with van der Waals surface area (Å²) in [7, 11) is 1.56. The van der Waals surface area contributed by atoms with Crippen LogP contribution in [-0.4, -0.2) is 35.8 Å². The minimum Gasteiger partial charge on any atom is -0.497 e. The summed E-state index contributed by atoms with van der Waals surface area (Å²) in [5.41, 5.74) is 2.87. The topological polar surface area (TPSA) is 66.9 Å².